The van der Waals surface area contributed by atoms with Gasteiger partial charge in [0.1, 0.15) is 17.0 Å². The van der Waals surface area contributed by atoms with Gasteiger partial charge in [-0.1, -0.05) is 25.5 Å². The fourth-order valence-corrected chi connectivity index (χ4v) is 5.89. The number of thioether (sulfide) groups is 1. The Morgan fingerprint density at radius 2 is 1.89 bits per heavy atom. The number of nitrogens with one attached hydrogen (secondary N) is 3. The summed E-state index contributed by atoms with van der Waals surface area (Å²) >= 11 is 1.15. The number of hydrogen-bond acceptors (Lipinski definition) is 8. The maximum Gasteiger partial charge on any atom is 0.241 e. The van der Waals surface area contributed by atoms with Crippen LogP contribution in [0.4, 0.5) is 5.69 Å². The van der Waals surface area contributed by atoms with Crippen molar-refractivity contribution in [2.24, 2.45) is 0 Å². The van der Waals surface area contributed by atoms with Crippen molar-refractivity contribution in [3.05, 3.63) is 48.0 Å². The fraction of sp³-hybridized carbons (Fsp3) is 0.417. The second kappa shape index (κ2) is 12.3. The first-order valence-corrected chi connectivity index (χ1v) is 13.9. The third-order valence-electron chi connectivity index (χ3n) is 5.56. The van der Waals surface area contributed by atoms with E-state index in [-0.39, 0.29) is 23.1 Å². The molecule has 0 bridgehead atoms. The van der Waals surface area contributed by atoms with Crippen LogP contribution in [0.5, 0.6) is 11.5 Å². The molecule has 0 aromatic heterocycles. The lowest BCUT2D eigenvalue weighted by Crippen LogP contribution is -2.59. The molecule has 0 radical (unpaired) electrons. The number of rotatable bonds is 11. The molecular weight excluding hydrogens is 490 g/mol. The Kier molecular flexibility index (Phi) is 9.41. The van der Waals surface area contributed by atoms with Crippen LogP contribution < -0.4 is 25.4 Å². The second-order valence-corrected chi connectivity index (χ2v) is 11.2. The number of benzene rings is 2. The lowest BCUT2D eigenvalue weighted by atomic mass is 10.1. The molecule has 2 amide bonds. The minimum absolute atomic E-state index is 0.0228. The summed E-state index contributed by atoms with van der Waals surface area (Å²) < 4.78 is 36.5. The largest absolute Gasteiger partial charge is 0.497 e. The normalized spacial score (nSPS) is 18.0. The Bertz CT molecular complexity index is 1140. The van der Waals surface area contributed by atoms with E-state index in [0.29, 0.717) is 17.2 Å². The first-order valence-electron chi connectivity index (χ1n) is 11.3. The zero-order valence-corrected chi connectivity index (χ0v) is 21.6. The minimum atomic E-state index is -3.85. The molecule has 2 aromatic carbocycles. The van der Waals surface area contributed by atoms with Crippen molar-refractivity contribution in [2.75, 3.05) is 31.8 Å². The van der Waals surface area contributed by atoms with E-state index in [9.17, 15) is 18.0 Å². The summed E-state index contributed by atoms with van der Waals surface area (Å²) in [4.78, 5) is 25.2. The number of unbranched alkanes of at least 4 members (excludes halogenated alkanes) is 1. The van der Waals surface area contributed by atoms with E-state index in [1.807, 2.05) is 0 Å². The van der Waals surface area contributed by atoms with Gasteiger partial charge in [-0.05, 0) is 42.7 Å². The Hall–Kier alpha value is -2.76. The lowest BCUT2D eigenvalue weighted by Gasteiger charge is -2.29. The monoisotopic (exact) mass is 521 g/mol. The van der Waals surface area contributed by atoms with Crippen LogP contribution in [-0.2, 0) is 25.8 Å². The van der Waals surface area contributed by atoms with Crippen molar-refractivity contribution >= 4 is 39.1 Å². The van der Waals surface area contributed by atoms with Crippen molar-refractivity contribution in [3.8, 4) is 11.5 Å². The SMILES string of the molecule is CCCCc1ccc(S(=O)(=O)C2CNC(SCC(=O)Nc3cc(OC)ccc3OC)NC2=O)cc1. The fourth-order valence-electron chi connectivity index (χ4n) is 3.58. The summed E-state index contributed by atoms with van der Waals surface area (Å²) in [6, 6.07) is 11.8. The van der Waals surface area contributed by atoms with Gasteiger partial charge in [-0.25, -0.2) is 8.42 Å². The molecule has 35 heavy (non-hydrogen) atoms. The third-order valence-corrected chi connectivity index (χ3v) is 8.67. The summed E-state index contributed by atoms with van der Waals surface area (Å²) in [5.74, 6) is 0.175. The first kappa shape index (κ1) is 26.8. The number of amides is 2. The van der Waals surface area contributed by atoms with Crippen molar-refractivity contribution < 1.29 is 27.5 Å². The summed E-state index contributed by atoms with van der Waals surface area (Å²) in [5.41, 5.74) is 0.937. The molecule has 1 fully saturated rings. The topological polar surface area (TPSA) is 123 Å². The highest BCUT2D eigenvalue weighted by atomic mass is 32.2. The number of methoxy groups -OCH3 is 2. The molecule has 9 nitrogen and oxygen atoms in total. The molecule has 1 aliphatic rings. The Balaban J connectivity index is 1.54. The highest BCUT2D eigenvalue weighted by Crippen LogP contribution is 2.29. The predicted molar refractivity (Wildman–Crippen MR) is 137 cm³/mol. The van der Waals surface area contributed by atoms with E-state index < -0.39 is 26.5 Å². The maximum atomic E-state index is 13.0. The van der Waals surface area contributed by atoms with Crippen LogP contribution in [0, 0.1) is 0 Å². The van der Waals surface area contributed by atoms with Crippen LogP contribution >= 0.6 is 11.8 Å². The highest BCUT2D eigenvalue weighted by Gasteiger charge is 2.38. The first-order chi connectivity index (χ1) is 16.8. The van der Waals surface area contributed by atoms with Gasteiger partial charge in [-0.15, -0.1) is 11.8 Å². The van der Waals surface area contributed by atoms with Gasteiger partial charge >= 0.3 is 0 Å². The van der Waals surface area contributed by atoms with Crippen LogP contribution in [0.3, 0.4) is 0 Å². The standard InChI is InChI=1S/C24H31N3O6S2/c1-4-5-6-16-7-10-18(11-8-16)35(30,31)21-14-25-24(27-23(21)29)34-15-22(28)26-19-13-17(32-2)9-12-20(19)33-3/h7-13,21,24-25H,4-6,14-15H2,1-3H3,(H,26,28)(H,27,29). The molecule has 2 aromatic rings. The third kappa shape index (κ3) is 6.89. The van der Waals surface area contributed by atoms with E-state index in [0.717, 1.165) is 36.6 Å². The van der Waals surface area contributed by atoms with Gasteiger partial charge in [0, 0.05) is 12.6 Å². The Morgan fingerprint density at radius 3 is 2.51 bits per heavy atom. The molecule has 3 rings (SSSR count). The maximum absolute atomic E-state index is 13.0. The molecule has 1 heterocycles. The summed E-state index contributed by atoms with van der Waals surface area (Å²) in [7, 11) is -0.823. The van der Waals surface area contributed by atoms with Crippen LogP contribution in [0.2, 0.25) is 0 Å². The molecule has 1 aliphatic heterocycles. The molecule has 0 saturated carbocycles. The second-order valence-electron chi connectivity index (χ2n) is 8.00. The average Bonchev–Trinajstić information content (AvgIpc) is 2.86. The van der Waals surface area contributed by atoms with Gasteiger partial charge in [0.15, 0.2) is 15.1 Å². The number of carbonyl (C=O) groups excluding carboxylic acids is 2. The Morgan fingerprint density at radius 1 is 1.14 bits per heavy atom. The molecular formula is C24H31N3O6S2. The number of anilines is 1. The molecule has 0 spiro atoms. The number of sulfone groups is 1. The van der Waals surface area contributed by atoms with Crippen LogP contribution in [0.1, 0.15) is 25.3 Å². The van der Waals surface area contributed by atoms with E-state index in [1.165, 1.54) is 14.2 Å². The molecule has 190 valence electrons. The van der Waals surface area contributed by atoms with Crippen molar-refractivity contribution in [1.82, 2.24) is 10.6 Å². The van der Waals surface area contributed by atoms with E-state index in [1.54, 1.807) is 42.5 Å². The number of ether oxygens (including phenoxy) is 2. The number of aryl methyl sites for hydroxylation is 1. The number of hydrogen-bond donors (Lipinski definition) is 3. The predicted octanol–water partition coefficient (Wildman–Crippen LogP) is 2.56. The molecule has 1 saturated heterocycles. The lowest BCUT2D eigenvalue weighted by molar-refractivity contribution is -0.122. The van der Waals surface area contributed by atoms with Crippen LogP contribution in [0.15, 0.2) is 47.4 Å². The van der Waals surface area contributed by atoms with Gasteiger partial charge in [-0.3, -0.25) is 14.9 Å². The van der Waals surface area contributed by atoms with Gasteiger partial charge in [-0.2, -0.15) is 0 Å². The van der Waals surface area contributed by atoms with Crippen molar-refractivity contribution in [1.29, 1.82) is 0 Å². The van der Waals surface area contributed by atoms with Crippen LogP contribution in [0.25, 0.3) is 0 Å². The average molecular weight is 522 g/mol. The van der Waals surface area contributed by atoms with Gasteiger partial charge in [0.05, 0.1) is 30.6 Å². The molecule has 2 unspecified atom stereocenters. The van der Waals surface area contributed by atoms with Crippen LogP contribution in [-0.4, -0.2) is 57.5 Å². The minimum Gasteiger partial charge on any atom is -0.497 e. The number of carbonyl (C=O) groups is 2. The zero-order chi connectivity index (χ0) is 25.4. The van der Waals surface area contributed by atoms with E-state index in [4.69, 9.17) is 9.47 Å². The zero-order valence-electron chi connectivity index (χ0n) is 20.0. The molecule has 3 N–H and O–H groups in total. The molecule has 0 aliphatic carbocycles. The van der Waals surface area contributed by atoms with E-state index in [2.05, 4.69) is 22.9 Å². The van der Waals surface area contributed by atoms with Crippen molar-refractivity contribution in [3.63, 3.8) is 0 Å². The van der Waals surface area contributed by atoms with Gasteiger partial charge < -0.3 is 20.1 Å². The Labute approximate surface area is 210 Å². The van der Waals surface area contributed by atoms with Gasteiger partial charge in [0.25, 0.3) is 0 Å². The summed E-state index contributed by atoms with van der Waals surface area (Å²) in [5, 5.41) is 7.17. The van der Waals surface area contributed by atoms with Gasteiger partial charge in [0.2, 0.25) is 11.8 Å². The molecule has 2 atom stereocenters. The van der Waals surface area contributed by atoms with E-state index >= 15 is 0 Å². The highest BCUT2D eigenvalue weighted by molar-refractivity contribution is 8.00. The smallest absolute Gasteiger partial charge is 0.241 e. The summed E-state index contributed by atoms with van der Waals surface area (Å²) in [6.45, 7) is 2.05. The molecule has 11 heteroatoms. The van der Waals surface area contributed by atoms with Crippen molar-refractivity contribution in [2.45, 2.75) is 41.8 Å². The summed E-state index contributed by atoms with van der Waals surface area (Å²) in [6.07, 6.45) is 2.98. The quantitative estimate of drug-likeness (QED) is 0.412.